The molecule has 0 aliphatic carbocycles. The Morgan fingerprint density at radius 2 is 1.71 bits per heavy atom. The van der Waals surface area contributed by atoms with E-state index in [0.29, 0.717) is 37.5 Å². The normalized spacial score (nSPS) is 16.4. The molecule has 2 rings (SSSR count). The van der Waals surface area contributed by atoms with E-state index in [9.17, 15) is 13.2 Å². The molecule has 28 heavy (non-hydrogen) atoms. The summed E-state index contributed by atoms with van der Waals surface area (Å²) in [5.41, 5.74) is 0. The van der Waals surface area contributed by atoms with Gasteiger partial charge in [0.1, 0.15) is 0 Å². The Morgan fingerprint density at radius 3 is 2.32 bits per heavy atom. The maximum atomic E-state index is 12.7. The summed E-state index contributed by atoms with van der Waals surface area (Å²) in [5.74, 6) is 0.720. The van der Waals surface area contributed by atoms with Crippen molar-refractivity contribution in [2.24, 2.45) is 11.8 Å². The Morgan fingerprint density at radius 1 is 1.11 bits per heavy atom. The first-order chi connectivity index (χ1) is 13.3. The molecule has 1 aromatic rings. The van der Waals surface area contributed by atoms with Crippen LogP contribution in [0.4, 0.5) is 0 Å². The number of amides is 1. The lowest BCUT2D eigenvalue weighted by Gasteiger charge is -2.30. The van der Waals surface area contributed by atoms with E-state index < -0.39 is 10.0 Å². The second kappa shape index (κ2) is 11.2. The van der Waals surface area contributed by atoms with Gasteiger partial charge >= 0.3 is 0 Å². The number of sulfonamides is 1. The number of halogens is 1. The molecule has 1 aliphatic heterocycles. The lowest BCUT2D eigenvalue weighted by molar-refractivity contribution is -0.126. The maximum absolute atomic E-state index is 12.7. The number of unbranched alkanes of at least 4 members (excludes halogenated alkanes) is 3. The minimum Gasteiger partial charge on any atom is -0.356 e. The molecular weight excluding hydrogens is 396 g/mol. The van der Waals surface area contributed by atoms with Gasteiger partial charge < -0.3 is 5.32 Å². The van der Waals surface area contributed by atoms with Crippen LogP contribution in [-0.4, -0.2) is 38.3 Å². The molecule has 0 atom stereocenters. The predicted octanol–water partition coefficient (Wildman–Crippen LogP) is 4.46. The average molecular weight is 429 g/mol. The Kier molecular flexibility index (Phi) is 9.25. The molecule has 1 amide bonds. The van der Waals surface area contributed by atoms with E-state index in [4.69, 9.17) is 11.6 Å². The van der Waals surface area contributed by atoms with Gasteiger partial charge in [-0.3, -0.25) is 4.79 Å². The van der Waals surface area contributed by atoms with Gasteiger partial charge in [-0.1, -0.05) is 51.1 Å². The number of nitrogens with zero attached hydrogens (tertiary/aromatic N) is 1. The van der Waals surface area contributed by atoms with E-state index >= 15 is 0 Å². The van der Waals surface area contributed by atoms with Crippen LogP contribution in [0.1, 0.15) is 58.8 Å². The van der Waals surface area contributed by atoms with Crippen molar-refractivity contribution in [3.8, 4) is 0 Å². The van der Waals surface area contributed by atoms with Crippen molar-refractivity contribution >= 4 is 27.5 Å². The van der Waals surface area contributed by atoms with Crippen LogP contribution in [-0.2, 0) is 14.8 Å². The molecule has 0 saturated carbocycles. The van der Waals surface area contributed by atoms with E-state index in [1.807, 2.05) is 0 Å². The van der Waals surface area contributed by atoms with Crippen molar-refractivity contribution in [2.45, 2.75) is 63.7 Å². The molecule has 1 aliphatic rings. The van der Waals surface area contributed by atoms with Gasteiger partial charge in [-0.05, 0) is 49.4 Å². The Bertz CT molecular complexity index is 712. The van der Waals surface area contributed by atoms with Crippen LogP contribution in [0, 0.1) is 11.8 Å². The molecule has 0 spiro atoms. The fourth-order valence-electron chi connectivity index (χ4n) is 3.50. The Balaban J connectivity index is 1.70. The smallest absolute Gasteiger partial charge is 0.243 e. The highest BCUT2D eigenvalue weighted by Crippen LogP contribution is 2.25. The first-order valence-electron chi connectivity index (χ1n) is 10.3. The molecular formula is C21H33ClN2O3S. The van der Waals surface area contributed by atoms with Crippen LogP contribution < -0.4 is 5.32 Å². The lowest BCUT2D eigenvalue weighted by Crippen LogP contribution is -2.43. The Labute approximate surface area is 174 Å². The number of piperidine rings is 1. The van der Waals surface area contributed by atoms with E-state index in [1.165, 1.54) is 35.7 Å². The SMILES string of the molecule is CC(C)CCCCCCNC(=O)C1CCN(S(=O)(=O)c2ccc(Cl)cc2)CC1. The molecule has 0 bridgehead atoms. The van der Waals surface area contributed by atoms with Gasteiger partial charge in [-0.25, -0.2) is 8.42 Å². The molecule has 1 N–H and O–H groups in total. The standard InChI is InChI=1S/C21H33ClN2O3S/c1-17(2)7-5-3-4-6-14-23-21(25)18-12-15-24(16-13-18)28(26,27)20-10-8-19(22)9-11-20/h8-11,17-18H,3-7,12-16H2,1-2H3,(H,23,25). The molecule has 0 aromatic heterocycles. The number of benzene rings is 1. The summed E-state index contributed by atoms with van der Waals surface area (Å²) < 4.78 is 26.9. The van der Waals surface area contributed by atoms with Crippen LogP contribution in [0.3, 0.4) is 0 Å². The fraction of sp³-hybridized carbons (Fsp3) is 0.667. The third-order valence-electron chi connectivity index (χ3n) is 5.28. The summed E-state index contributed by atoms with van der Waals surface area (Å²) in [6.45, 7) is 5.94. The number of hydrogen-bond acceptors (Lipinski definition) is 3. The van der Waals surface area contributed by atoms with Crippen molar-refractivity contribution in [2.75, 3.05) is 19.6 Å². The van der Waals surface area contributed by atoms with Crippen molar-refractivity contribution in [1.82, 2.24) is 9.62 Å². The summed E-state index contributed by atoms with van der Waals surface area (Å²) in [7, 11) is -3.52. The number of nitrogens with one attached hydrogen (secondary N) is 1. The fourth-order valence-corrected chi connectivity index (χ4v) is 5.10. The van der Waals surface area contributed by atoms with E-state index in [-0.39, 0.29) is 16.7 Å². The lowest BCUT2D eigenvalue weighted by atomic mass is 9.97. The van der Waals surface area contributed by atoms with Gasteiger partial charge in [-0.2, -0.15) is 4.31 Å². The third kappa shape index (κ3) is 7.05. The largest absolute Gasteiger partial charge is 0.356 e. The summed E-state index contributed by atoms with van der Waals surface area (Å²) in [4.78, 5) is 12.6. The van der Waals surface area contributed by atoms with Gasteiger partial charge in [0.15, 0.2) is 0 Å². The van der Waals surface area contributed by atoms with E-state index in [1.54, 1.807) is 12.1 Å². The molecule has 5 nitrogen and oxygen atoms in total. The number of carbonyl (C=O) groups excluding carboxylic acids is 1. The quantitative estimate of drug-likeness (QED) is 0.559. The first kappa shape index (κ1) is 23.2. The van der Waals surface area contributed by atoms with Gasteiger partial charge in [0.2, 0.25) is 15.9 Å². The first-order valence-corrected chi connectivity index (χ1v) is 12.2. The van der Waals surface area contributed by atoms with Crippen molar-refractivity contribution in [3.05, 3.63) is 29.3 Å². The van der Waals surface area contributed by atoms with Crippen LogP contribution in [0.2, 0.25) is 5.02 Å². The van der Waals surface area contributed by atoms with Crippen molar-refractivity contribution in [3.63, 3.8) is 0 Å². The second-order valence-corrected chi connectivity index (χ2v) is 10.4. The summed E-state index contributed by atoms with van der Waals surface area (Å²) in [6, 6.07) is 6.21. The summed E-state index contributed by atoms with van der Waals surface area (Å²) >= 11 is 5.84. The number of hydrogen-bond donors (Lipinski definition) is 1. The van der Waals surface area contributed by atoms with Gasteiger partial charge in [-0.15, -0.1) is 0 Å². The topological polar surface area (TPSA) is 66.5 Å². The minimum absolute atomic E-state index is 0.0609. The molecule has 1 heterocycles. The molecule has 1 saturated heterocycles. The highest BCUT2D eigenvalue weighted by atomic mass is 35.5. The van der Waals surface area contributed by atoms with Crippen LogP contribution in [0.15, 0.2) is 29.2 Å². The van der Waals surface area contributed by atoms with Gasteiger partial charge in [0, 0.05) is 30.6 Å². The summed E-state index contributed by atoms with van der Waals surface area (Å²) in [6.07, 6.45) is 7.02. The number of rotatable bonds is 10. The monoisotopic (exact) mass is 428 g/mol. The molecule has 1 fully saturated rings. The zero-order chi connectivity index (χ0) is 20.6. The average Bonchev–Trinajstić information content (AvgIpc) is 2.67. The molecule has 158 valence electrons. The second-order valence-electron chi connectivity index (χ2n) is 8.02. The van der Waals surface area contributed by atoms with Gasteiger partial charge in [0.25, 0.3) is 0 Å². The van der Waals surface area contributed by atoms with Gasteiger partial charge in [0.05, 0.1) is 4.90 Å². The zero-order valence-corrected chi connectivity index (χ0v) is 18.6. The van der Waals surface area contributed by atoms with E-state index in [0.717, 1.165) is 18.8 Å². The maximum Gasteiger partial charge on any atom is 0.243 e. The minimum atomic E-state index is -3.52. The van der Waals surface area contributed by atoms with Crippen LogP contribution >= 0.6 is 11.6 Å². The van der Waals surface area contributed by atoms with E-state index in [2.05, 4.69) is 19.2 Å². The highest BCUT2D eigenvalue weighted by molar-refractivity contribution is 7.89. The summed E-state index contributed by atoms with van der Waals surface area (Å²) in [5, 5.41) is 3.53. The van der Waals surface area contributed by atoms with Crippen molar-refractivity contribution in [1.29, 1.82) is 0 Å². The van der Waals surface area contributed by atoms with Crippen LogP contribution in [0.25, 0.3) is 0 Å². The number of carbonyl (C=O) groups is 1. The highest BCUT2D eigenvalue weighted by Gasteiger charge is 2.31. The molecule has 7 heteroatoms. The third-order valence-corrected chi connectivity index (χ3v) is 7.45. The molecule has 0 unspecified atom stereocenters. The zero-order valence-electron chi connectivity index (χ0n) is 17.0. The predicted molar refractivity (Wildman–Crippen MR) is 114 cm³/mol. The van der Waals surface area contributed by atoms with Crippen LogP contribution in [0.5, 0.6) is 0 Å². The van der Waals surface area contributed by atoms with Crippen molar-refractivity contribution < 1.29 is 13.2 Å². The molecule has 0 radical (unpaired) electrons. The molecule has 1 aromatic carbocycles. The Hall–Kier alpha value is -1.11.